The Morgan fingerprint density at radius 2 is 1.71 bits per heavy atom. The molecule has 128 valence electrons. The van der Waals surface area contributed by atoms with Crippen LogP contribution in [-0.4, -0.2) is 42.4 Å². The van der Waals surface area contributed by atoms with Gasteiger partial charge in [-0.3, -0.25) is 14.5 Å². The second-order valence-corrected chi connectivity index (χ2v) is 6.33. The maximum atomic E-state index is 12.5. The molecule has 0 aliphatic rings. The van der Waals surface area contributed by atoms with E-state index in [4.69, 9.17) is 0 Å². The molecule has 0 fully saturated rings. The quantitative estimate of drug-likeness (QED) is 0.857. The van der Waals surface area contributed by atoms with Crippen LogP contribution in [0.4, 0.5) is 5.69 Å². The first kappa shape index (κ1) is 17.9. The molecule has 0 unspecified atom stereocenters. The Bertz CT molecular complexity index is 722. The number of hydrogen-bond acceptors (Lipinski definition) is 3. The molecule has 0 spiro atoms. The monoisotopic (exact) mass is 327 g/mol. The molecule has 0 bridgehead atoms. The first-order valence-electron chi connectivity index (χ1n) is 8.16. The van der Waals surface area contributed by atoms with Crippen molar-refractivity contribution >= 4 is 28.3 Å². The molecule has 24 heavy (non-hydrogen) atoms. The van der Waals surface area contributed by atoms with Crippen molar-refractivity contribution in [2.24, 2.45) is 0 Å². The number of rotatable bonds is 6. The zero-order valence-corrected chi connectivity index (χ0v) is 14.7. The fraction of sp³-hybridized carbons (Fsp3) is 0.368. The van der Waals surface area contributed by atoms with Crippen LogP contribution in [0, 0.1) is 0 Å². The highest BCUT2D eigenvalue weighted by molar-refractivity contribution is 6.03. The minimum absolute atomic E-state index is 0.0858. The van der Waals surface area contributed by atoms with Gasteiger partial charge in [0.05, 0.1) is 12.6 Å². The topological polar surface area (TPSA) is 61.4 Å². The number of carbonyl (C=O) groups excluding carboxylic acids is 2. The number of carbonyl (C=O) groups is 2. The van der Waals surface area contributed by atoms with Gasteiger partial charge in [0, 0.05) is 17.1 Å². The van der Waals surface area contributed by atoms with Gasteiger partial charge >= 0.3 is 0 Å². The van der Waals surface area contributed by atoms with Crippen molar-refractivity contribution in [2.75, 3.05) is 18.9 Å². The van der Waals surface area contributed by atoms with Gasteiger partial charge in [-0.15, -0.1) is 0 Å². The molecule has 2 aromatic rings. The first-order valence-corrected chi connectivity index (χ1v) is 8.16. The largest absolute Gasteiger partial charge is 0.353 e. The molecule has 0 heterocycles. The number of benzene rings is 2. The molecular weight excluding hydrogens is 302 g/mol. The number of fused-ring (bicyclic) bond motifs is 1. The van der Waals surface area contributed by atoms with Crippen LogP contribution in [0.2, 0.25) is 0 Å². The van der Waals surface area contributed by atoms with Gasteiger partial charge in [0.25, 0.3) is 0 Å². The lowest BCUT2D eigenvalue weighted by atomic mass is 10.1. The number of anilines is 1. The minimum Gasteiger partial charge on any atom is -0.353 e. The number of amides is 2. The second kappa shape index (κ2) is 7.93. The van der Waals surface area contributed by atoms with Gasteiger partial charge in [-0.1, -0.05) is 36.4 Å². The van der Waals surface area contributed by atoms with Crippen molar-refractivity contribution in [1.29, 1.82) is 0 Å². The van der Waals surface area contributed by atoms with Gasteiger partial charge in [-0.2, -0.15) is 0 Å². The van der Waals surface area contributed by atoms with Gasteiger partial charge in [-0.05, 0) is 39.3 Å². The molecule has 1 atom stereocenters. The molecule has 5 nitrogen and oxygen atoms in total. The third-order valence-electron chi connectivity index (χ3n) is 3.93. The van der Waals surface area contributed by atoms with E-state index >= 15 is 0 Å². The summed E-state index contributed by atoms with van der Waals surface area (Å²) in [7, 11) is 1.77. The van der Waals surface area contributed by atoms with E-state index in [-0.39, 0.29) is 24.4 Å². The van der Waals surface area contributed by atoms with Crippen LogP contribution >= 0.6 is 0 Å². The Hall–Kier alpha value is -2.40. The molecule has 2 rings (SSSR count). The van der Waals surface area contributed by atoms with Gasteiger partial charge < -0.3 is 10.6 Å². The number of nitrogens with one attached hydrogen (secondary N) is 2. The number of hydrogen-bond donors (Lipinski definition) is 2. The van der Waals surface area contributed by atoms with E-state index in [9.17, 15) is 9.59 Å². The highest BCUT2D eigenvalue weighted by atomic mass is 16.2. The molecule has 0 saturated carbocycles. The van der Waals surface area contributed by atoms with E-state index in [1.54, 1.807) is 18.9 Å². The van der Waals surface area contributed by atoms with Crippen molar-refractivity contribution in [3.8, 4) is 0 Å². The van der Waals surface area contributed by atoms with E-state index in [0.29, 0.717) is 0 Å². The summed E-state index contributed by atoms with van der Waals surface area (Å²) in [6.45, 7) is 5.80. The summed E-state index contributed by atoms with van der Waals surface area (Å²) in [5.74, 6) is -0.219. The second-order valence-electron chi connectivity index (χ2n) is 6.33. The van der Waals surface area contributed by atoms with Crippen molar-refractivity contribution in [3.63, 3.8) is 0 Å². The normalized spacial score (nSPS) is 12.4. The smallest absolute Gasteiger partial charge is 0.241 e. The average Bonchev–Trinajstić information content (AvgIpc) is 2.53. The van der Waals surface area contributed by atoms with Crippen LogP contribution < -0.4 is 10.6 Å². The minimum atomic E-state index is -0.415. The molecule has 2 amide bonds. The maximum absolute atomic E-state index is 12.5. The standard InChI is InChI=1S/C19H25N3O2/c1-13(2)20-18(23)12-22(4)14(3)19(24)21-17-11-7-9-15-8-5-6-10-16(15)17/h5-11,13-14H,12H2,1-4H3,(H,20,23)(H,21,24)/t14-/m1/s1. The molecule has 0 aromatic heterocycles. The van der Waals surface area contributed by atoms with E-state index in [1.165, 1.54) is 0 Å². The van der Waals surface area contributed by atoms with Crippen LogP contribution in [0.25, 0.3) is 10.8 Å². The van der Waals surface area contributed by atoms with Crippen LogP contribution in [-0.2, 0) is 9.59 Å². The fourth-order valence-electron chi connectivity index (χ4n) is 2.50. The number of nitrogens with zero attached hydrogens (tertiary/aromatic N) is 1. The Morgan fingerprint density at radius 1 is 1.04 bits per heavy atom. The van der Waals surface area contributed by atoms with Crippen molar-refractivity contribution in [3.05, 3.63) is 42.5 Å². The Balaban J connectivity index is 2.04. The van der Waals surface area contributed by atoms with Crippen molar-refractivity contribution in [2.45, 2.75) is 32.9 Å². The predicted octanol–water partition coefficient (Wildman–Crippen LogP) is 2.62. The van der Waals surface area contributed by atoms with Crippen LogP contribution in [0.3, 0.4) is 0 Å². The third-order valence-corrected chi connectivity index (χ3v) is 3.93. The summed E-state index contributed by atoms with van der Waals surface area (Å²) in [5.41, 5.74) is 0.782. The van der Waals surface area contributed by atoms with Gasteiger partial charge in [0.15, 0.2) is 0 Å². The summed E-state index contributed by atoms with van der Waals surface area (Å²) < 4.78 is 0. The summed E-state index contributed by atoms with van der Waals surface area (Å²) in [6, 6.07) is 13.4. The Morgan fingerprint density at radius 3 is 2.42 bits per heavy atom. The predicted molar refractivity (Wildman–Crippen MR) is 97.9 cm³/mol. The Labute approximate surface area is 143 Å². The molecule has 0 aliphatic heterocycles. The highest BCUT2D eigenvalue weighted by Crippen LogP contribution is 2.23. The first-order chi connectivity index (χ1) is 11.4. The van der Waals surface area contributed by atoms with E-state index < -0.39 is 6.04 Å². The van der Waals surface area contributed by atoms with Gasteiger partial charge in [0.2, 0.25) is 11.8 Å². The van der Waals surface area contributed by atoms with Gasteiger partial charge in [-0.25, -0.2) is 0 Å². The zero-order valence-electron chi connectivity index (χ0n) is 14.7. The summed E-state index contributed by atoms with van der Waals surface area (Å²) in [6.07, 6.45) is 0. The lowest BCUT2D eigenvalue weighted by Crippen LogP contribution is -2.46. The van der Waals surface area contributed by atoms with Crippen LogP contribution in [0.1, 0.15) is 20.8 Å². The van der Waals surface area contributed by atoms with Crippen molar-refractivity contribution in [1.82, 2.24) is 10.2 Å². The molecule has 2 N–H and O–H groups in total. The average molecular weight is 327 g/mol. The lowest BCUT2D eigenvalue weighted by Gasteiger charge is -2.24. The van der Waals surface area contributed by atoms with Crippen LogP contribution in [0.5, 0.6) is 0 Å². The van der Waals surface area contributed by atoms with E-state index in [1.807, 2.05) is 56.3 Å². The fourth-order valence-corrected chi connectivity index (χ4v) is 2.50. The summed E-state index contributed by atoms with van der Waals surface area (Å²) in [5, 5.41) is 7.87. The maximum Gasteiger partial charge on any atom is 0.241 e. The summed E-state index contributed by atoms with van der Waals surface area (Å²) in [4.78, 5) is 26.1. The van der Waals surface area contributed by atoms with E-state index in [2.05, 4.69) is 10.6 Å². The van der Waals surface area contributed by atoms with Gasteiger partial charge in [0.1, 0.15) is 0 Å². The van der Waals surface area contributed by atoms with E-state index in [0.717, 1.165) is 16.5 Å². The Kier molecular flexibility index (Phi) is 5.93. The molecule has 5 heteroatoms. The molecule has 0 aliphatic carbocycles. The molecule has 0 radical (unpaired) electrons. The molecule has 0 saturated heterocycles. The number of likely N-dealkylation sites (N-methyl/N-ethyl adjacent to an activating group) is 1. The third kappa shape index (κ3) is 4.55. The zero-order chi connectivity index (χ0) is 17.7. The van der Waals surface area contributed by atoms with Crippen molar-refractivity contribution < 1.29 is 9.59 Å². The lowest BCUT2D eigenvalue weighted by molar-refractivity contribution is -0.125. The van der Waals surface area contributed by atoms with Crippen LogP contribution in [0.15, 0.2) is 42.5 Å². The highest BCUT2D eigenvalue weighted by Gasteiger charge is 2.20. The molecule has 2 aromatic carbocycles. The molecular formula is C19H25N3O2. The summed E-state index contributed by atoms with van der Waals surface area (Å²) >= 11 is 0. The SMILES string of the molecule is CC(C)NC(=O)CN(C)[C@H](C)C(=O)Nc1cccc2ccccc12.